The van der Waals surface area contributed by atoms with E-state index in [0.29, 0.717) is 0 Å². The van der Waals surface area contributed by atoms with Gasteiger partial charge in [0.1, 0.15) is 0 Å². The van der Waals surface area contributed by atoms with Crippen LogP contribution >= 0.6 is 63.7 Å². The Labute approximate surface area is 186 Å². The smallest absolute Gasteiger partial charge is 0.0261 e. The number of fused-ring (bicyclic) bond motifs is 1. The van der Waals surface area contributed by atoms with Gasteiger partial charge in [-0.3, -0.25) is 0 Å². The molecule has 0 bridgehead atoms. The minimum Gasteiger partial charge on any atom is -0.0616 e. The van der Waals surface area contributed by atoms with Crippen molar-refractivity contribution in [1.29, 1.82) is 0 Å². The second kappa shape index (κ2) is 7.59. The fourth-order valence-electron chi connectivity index (χ4n) is 3.06. The van der Waals surface area contributed by atoms with E-state index in [1.807, 2.05) is 12.1 Å². The van der Waals surface area contributed by atoms with E-state index in [1.165, 1.54) is 10.8 Å². The monoisotopic (exact) mass is 592 g/mol. The maximum absolute atomic E-state index is 3.78. The lowest BCUT2D eigenvalue weighted by molar-refractivity contribution is 1.52. The van der Waals surface area contributed by atoms with Crippen LogP contribution in [0.5, 0.6) is 0 Å². The van der Waals surface area contributed by atoms with Gasteiger partial charge < -0.3 is 0 Å². The summed E-state index contributed by atoms with van der Waals surface area (Å²) in [5.74, 6) is 0. The van der Waals surface area contributed by atoms with E-state index in [-0.39, 0.29) is 0 Å². The van der Waals surface area contributed by atoms with Crippen LogP contribution in [0.1, 0.15) is 0 Å². The summed E-state index contributed by atoms with van der Waals surface area (Å²) in [7, 11) is 0. The molecule has 4 heteroatoms. The summed E-state index contributed by atoms with van der Waals surface area (Å²) in [5, 5.41) is 2.45. The Morgan fingerprint density at radius 1 is 0.385 bits per heavy atom. The second-order valence-corrected chi connectivity index (χ2v) is 9.39. The molecule has 0 fully saturated rings. The molecule has 0 nitrogen and oxygen atoms in total. The molecule has 0 aliphatic rings. The molecule has 0 heterocycles. The summed E-state index contributed by atoms with van der Waals surface area (Å²) >= 11 is 14.9. The zero-order valence-electron chi connectivity index (χ0n) is 13.4. The van der Waals surface area contributed by atoms with Crippen LogP contribution in [0.4, 0.5) is 0 Å². The van der Waals surface area contributed by atoms with E-state index < -0.39 is 0 Å². The molecule has 0 atom stereocenters. The molecule has 26 heavy (non-hydrogen) atoms. The van der Waals surface area contributed by atoms with Crippen molar-refractivity contribution in [2.75, 3.05) is 0 Å². The summed E-state index contributed by atoms with van der Waals surface area (Å²) in [4.78, 5) is 0. The number of halogens is 4. The number of hydrogen-bond donors (Lipinski definition) is 0. The highest BCUT2D eigenvalue weighted by Crippen LogP contribution is 2.42. The Morgan fingerprint density at radius 3 is 1.50 bits per heavy atom. The molecular formula is C22H12Br4. The maximum Gasteiger partial charge on any atom is 0.0261 e. The van der Waals surface area contributed by atoms with Gasteiger partial charge >= 0.3 is 0 Å². The van der Waals surface area contributed by atoms with Crippen molar-refractivity contribution in [2.24, 2.45) is 0 Å². The first-order valence-electron chi connectivity index (χ1n) is 7.97. The van der Waals surface area contributed by atoms with Crippen molar-refractivity contribution < 1.29 is 0 Å². The first-order valence-corrected chi connectivity index (χ1v) is 11.1. The fraction of sp³-hybridized carbons (Fsp3) is 0. The van der Waals surface area contributed by atoms with Gasteiger partial charge in [0.05, 0.1) is 0 Å². The molecule has 0 unspecified atom stereocenters. The molecule has 0 aromatic heterocycles. The molecule has 0 saturated carbocycles. The van der Waals surface area contributed by atoms with Crippen LogP contribution in [-0.4, -0.2) is 0 Å². The first-order chi connectivity index (χ1) is 12.5. The Balaban J connectivity index is 1.90. The number of benzene rings is 4. The Hall–Kier alpha value is -0.940. The van der Waals surface area contributed by atoms with Gasteiger partial charge in [-0.1, -0.05) is 106 Å². The molecular weight excluding hydrogens is 584 g/mol. The lowest BCUT2D eigenvalue weighted by Gasteiger charge is -2.14. The average Bonchev–Trinajstić information content (AvgIpc) is 2.63. The van der Waals surface area contributed by atoms with Gasteiger partial charge in [0.25, 0.3) is 0 Å². The molecule has 0 aliphatic heterocycles. The van der Waals surface area contributed by atoms with Gasteiger partial charge in [-0.15, -0.1) is 0 Å². The lowest BCUT2D eigenvalue weighted by atomic mass is 9.98. The van der Waals surface area contributed by atoms with E-state index in [4.69, 9.17) is 0 Å². The van der Waals surface area contributed by atoms with Crippen molar-refractivity contribution in [2.45, 2.75) is 0 Å². The van der Waals surface area contributed by atoms with Gasteiger partial charge in [-0.25, -0.2) is 0 Å². The zero-order chi connectivity index (χ0) is 18.3. The number of rotatable bonds is 2. The van der Waals surface area contributed by atoms with Crippen molar-refractivity contribution in [1.82, 2.24) is 0 Å². The summed E-state index contributed by atoms with van der Waals surface area (Å²) in [6, 6.07) is 25.4. The van der Waals surface area contributed by atoms with Crippen molar-refractivity contribution in [3.63, 3.8) is 0 Å². The SMILES string of the molecule is Brc1ccccc1-c1cc(Br)c(-c2cc3ccccc3cc2Br)cc1Br. The van der Waals surface area contributed by atoms with Gasteiger partial charge in [-0.2, -0.15) is 0 Å². The largest absolute Gasteiger partial charge is 0.0616 e. The minimum absolute atomic E-state index is 1.06. The highest BCUT2D eigenvalue weighted by molar-refractivity contribution is 9.11. The predicted octanol–water partition coefficient (Wildman–Crippen LogP) is 9.22. The molecule has 0 saturated heterocycles. The van der Waals surface area contributed by atoms with Gasteiger partial charge in [0.2, 0.25) is 0 Å². The van der Waals surface area contributed by atoms with Crippen LogP contribution < -0.4 is 0 Å². The van der Waals surface area contributed by atoms with Crippen LogP contribution in [0.15, 0.2) is 90.7 Å². The Morgan fingerprint density at radius 2 is 0.846 bits per heavy atom. The van der Waals surface area contributed by atoms with Crippen LogP contribution in [0.25, 0.3) is 33.0 Å². The van der Waals surface area contributed by atoms with E-state index in [9.17, 15) is 0 Å². The molecule has 0 spiro atoms. The van der Waals surface area contributed by atoms with Crippen molar-refractivity contribution >= 4 is 74.5 Å². The van der Waals surface area contributed by atoms with E-state index in [0.717, 1.165) is 40.1 Å². The lowest BCUT2D eigenvalue weighted by Crippen LogP contribution is -1.88. The molecule has 4 rings (SSSR count). The third-order valence-corrected chi connectivity index (χ3v) is 7.01. The maximum atomic E-state index is 3.78. The van der Waals surface area contributed by atoms with E-state index in [2.05, 4.69) is 124 Å². The fourth-order valence-corrected chi connectivity index (χ4v) is 5.25. The highest BCUT2D eigenvalue weighted by Gasteiger charge is 2.14. The number of hydrogen-bond acceptors (Lipinski definition) is 0. The predicted molar refractivity (Wildman–Crippen MR) is 126 cm³/mol. The third kappa shape index (κ3) is 3.45. The topological polar surface area (TPSA) is 0 Å². The molecule has 128 valence electrons. The molecule has 4 aromatic carbocycles. The summed E-state index contributed by atoms with van der Waals surface area (Å²) in [6.07, 6.45) is 0. The third-order valence-electron chi connectivity index (χ3n) is 4.35. The quantitative estimate of drug-likeness (QED) is 0.217. The van der Waals surface area contributed by atoms with E-state index >= 15 is 0 Å². The van der Waals surface area contributed by atoms with E-state index in [1.54, 1.807) is 0 Å². The van der Waals surface area contributed by atoms with Crippen LogP contribution in [0.3, 0.4) is 0 Å². The summed E-state index contributed by atoms with van der Waals surface area (Å²) in [5.41, 5.74) is 4.61. The summed E-state index contributed by atoms with van der Waals surface area (Å²) in [6.45, 7) is 0. The second-order valence-electron chi connectivity index (χ2n) is 5.97. The average molecular weight is 596 g/mol. The minimum atomic E-state index is 1.06. The summed E-state index contributed by atoms with van der Waals surface area (Å²) < 4.78 is 4.27. The highest BCUT2D eigenvalue weighted by atomic mass is 79.9. The molecule has 0 amide bonds. The Bertz CT molecular complexity index is 1130. The van der Waals surface area contributed by atoms with Crippen LogP contribution in [0, 0.1) is 0 Å². The standard InChI is InChI=1S/C22H12Br4/c23-19-8-4-3-7-15(19)17-11-22(26)18(12-21(17)25)16-9-13-5-1-2-6-14(13)10-20(16)24/h1-12H. The molecule has 0 N–H and O–H groups in total. The normalized spacial score (nSPS) is 11.1. The van der Waals surface area contributed by atoms with Crippen LogP contribution in [-0.2, 0) is 0 Å². The van der Waals surface area contributed by atoms with Crippen molar-refractivity contribution in [3.05, 3.63) is 90.7 Å². The zero-order valence-corrected chi connectivity index (χ0v) is 19.8. The van der Waals surface area contributed by atoms with Gasteiger partial charge in [0, 0.05) is 17.9 Å². The molecule has 4 aromatic rings. The first kappa shape index (κ1) is 18.4. The Kier molecular flexibility index (Phi) is 5.38. The van der Waals surface area contributed by atoms with Crippen molar-refractivity contribution in [3.8, 4) is 22.3 Å². The molecule has 0 radical (unpaired) electrons. The molecule has 0 aliphatic carbocycles. The van der Waals surface area contributed by atoms with Crippen LogP contribution in [0.2, 0.25) is 0 Å². The van der Waals surface area contributed by atoms with Gasteiger partial charge in [-0.05, 0) is 63.4 Å². The van der Waals surface area contributed by atoms with Gasteiger partial charge in [0.15, 0.2) is 0 Å².